The molecule has 0 N–H and O–H groups in total. The van der Waals surface area contributed by atoms with Crippen molar-refractivity contribution in [3.05, 3.63) is 35.9 Å². The number of benzene rings is 1. The van der Waals surface area contributed by atoms with Gasteiger partial charge in [0.15, 0.2) is 11.5 Å². The molecule has 2 rings (SSSR count). The average Bonchev–Trinajstić information content (AvgIpc) is 2.64. The van der Waals surface area contributed by atoms with Gasteiger partial charge in [0.2, 0.25) is 6.79 Å². The van der Waals surface area contributed by atoms with E-state index in [1.165, 1.54) is 11.1 Å². The predicted molar refractivity (Wildman–Crippen MR) is 59.1 cm³/mol. The molecule has 1 aromatic rings. The van der Waals surface area contributed by atoms with E-state index in [2.05, 4.69) is 22.5 Å². The lowest BCUT2D eigenvalue weighted by Crippen LogP contribution is -1.92. The van der Waals surface area contributed by atoms with Crippen LogP contribution in [0.3, 0.4) is 0 Å². The maximum absolute atomic E-state index is 5.31. The van der Waals surface area contributed by atoms with Crippen molar-refractivity contribution < 1.29 is 9.47 Å². The van der Waals surface area contributed by atoms with Crippen LogP contribution >= 0.6 is 15.9 Å². The molecule has 0 spiro atoms. The molecule has 2 nitrogen and oxygen atoms in total. The fraction of sp³-hybridized carbons (Fsp3) is 0.273. The van der Waals surface area contributed by atoms with Crippen molar-refractivity contribution in [2.75, 3.05) is 6.79 Å². The van der Waals surface area contributed by atoms with E-state index in [-0.39, 0.29) is 0 Å². The highest BCUT2D eigenvalue weighted by molar-refractivity contribution is 9.08. The predicted octanol–water partition coefficient (Wildman–Crippen LogP) is 3.04. The first kappa shape index (κ1) is 9.59. The molecule has 0 saturated heterocycles. The summed E-state index contributed by atoms with van der Waals surface area (Å²) in [6.45, 7) is 4.07. The van der Waals surface area contributed by atoms with Gasteiger partial charge in [-0.3, -0.25) is 0 Å². The number of rotatable bonds is 3. The molecular weight excluding hydrogens is 244 g/mol. The first-order chi connectivity index (χ1) is 6.85. The van der Waals surface area contributed by atoms with Gasteiger partial charge in [0.1, 0.15) is 0 Å². The lowest BCUT2D eigenvalue weighted by molar-refractivity contribution is 0.174. The molecule has 0 aliphatic carbocycles. The highest BCUT2D eigenvalue weighted by Gasteiger charge is 2.15. The summed E-state index contributed by atoms with van der Waals surface area (Å²) in [5.74, 6) is 1.68. The van der Waals surface area contributed by atoms with E-state index < -0.39 is 0 Å². The lowest BCUT2D eigenvalue weighted by Gasteiger charge is -2.06. The Balaban J connectivity index is 2.43. The number of fused-ring (bicyclic) bond motifs is 1. The summed E-state index contributed by atoms with van der Waals surface area (Å²) in [4.78, 5) is 0. The molecule has 0 atom stereocenters. The molecule has 0 fully saturated rings. The molecule has 0 bridgehead atoms. The van der Waals surface area contributed by atoms with E-state index in [0.29, 0.717) is 6.79 Å². The zero-order valence-corrected chi connectivity index (χ0v) is 9.34. The van der Waals surface area contributed by atoms with E-state index in [1.807, 2.05) is 18.2 Å². The third-order valence-corrected chi connectivity index (χ3v) is 2.81. The number of hydrogen-bond donors (Lipinski definition) is 0. The number of halogens is 1. The second kappa shape index (κ2) is 4.05. The quantitative estimate of drug-likeness (QED) is 0.610. The van der Waals surface area contributed by atoms with Crippen molar-refractivity contribution in [2.45, 2.75) is 11.8 Å². The van der Waals surface area contributed by atoms with Crippen molar-refractivity contribution in [1.82, 2.24) is 0 Å². The third-order valence-electron chi connectivity index (χ3n) is 2.20. The normalized spacial score (nSPS) is 12.9. The summed E-state index contributed by atoms with van der Waals surface area (Å²) >= 11 is 3.46. The van der Waals surface area contributed by atoms with Gasteiger partial charge in [-0.05, 0) is 29.7 Å². The van der Waals surface area contributed by atoms with Gasteiger partial charge < -0.3 is 9.47 Å². The third kappa shape index (κ3) is 1.64. The Hall–Kier alpha value is -0.960. The van der Waals surface area contributed by atoms with Crippen molar-refractivity contribution in [2.24, 2.45) is 0 Å². The molecule has 0 saturated carbocycles. The van der Waals surface area contributed by atoms with Gasteiger partial charge in [0.25, 0.3) is 0 Å². The van der Waals surface area contributed by atoms with Crippen molar-refractivity contribution in [3.8, 4) is 11.5 Å². The van der Waals surface area contributed by atoms with Gasteiger partial charge >= 0.3 is 0 Å². The van der Waals surface area contributed by atoms with Crippen LogP contribution < -0.4 is 9.47 Å². The maximum atomic E-state index is 5.31. The fourth-order valence-electron chi connectivity index (χ4n) is 1.50. The van der Waals surface area contributed by atoms with Gasteiger partial charge in [0.05, 0.1) is 0 Å². The fourth-order valence-corrected chi connectivity index (χ4v) is 2.02. The minimum atomic E-state index is 0.328. The minimum absolute atomic E-state index is 0.328. The van der Waals surface area contributed by atoms with Gasteiger partial charge in [-0.2, -0.15) is 0 Å². The van der Waals surface area contributed by atoms with Crippen molar-refractivity contribution in [1.29, 1.82) is 0 Å². The zero-order chi connectivity index (χ0) is 9.97. The summed E-state index contributed by atoms with van der Waals surface area (Å²) in [7, 11) is 0. The monoisotopic (exact) mass is 254 g/mol. The van der Waals surface area contributed by atoms with Crippen LogP contribution in [-0.2, 0) is 11.8 Å². The summed E-state index contributed by atoms with van der Waals surface area (Å²) in [6, 6.07) is 4.05. The van der Waals surface area contributed by atoms with E-state index in [0.717, 1.165) is 23.2 Å². The Labute approximate surface area is 91.7 Å². The molecule has 1 aliphatic rings. The molecule has 3 heteroatoms. The Kier molecular flexibility index (Phi) is 2.77. The highest BCUT2D eigenvalue weighted by atomic mass is 79.9. The van der Waals surface area contributed by atoms with Crippen LogP contribution in [0.1, 0.15) is 11.1 Å². The molecule has 74 valence electrons. The summed E-state index contributed by atoms with van der Waals surface area (Å²) in [6.07, 6.45) is 2.75. The lowest BCUT2D eigenvalue weighted by atomic mass is 10.0. The van der Waals surface area contributed by atoms with E-state index in [4.69, 9.17) is 9.47 Å². The maximum Gasteiger partial charge on any atom is 0.231 e. The van der Waals surface area contributed by atoms with Crippen LogP contribution in [0.5, 0.6) is 11.5 Å². The van der Waals surface area contributed by atoms with E-state index >= 15 is 0 Å². The molecule has 0 unspecified atom stereocenters. The average molecular weight is 255 g/mol. The van der Waals surface area contributed by atoms with Crippen LogP contribution in [0, 0.1) is 0 Å². The summed E-state index contributed by atoms with van der Waals surface area (Å²) in [5, 5.41) is 0.826. The first-order valence-electron chi connectivity index (χ1n) is 4.43. The Morgan fingerprint density at radius 3 is 2.50 bits per heavy atom. The molecule has 1 heterocycles. The van der Waals surface area contributed by atoms with Crippen molar-refractivity contribution >= 4 is 15.9 Å². The molecule has 1 aliphatic heterocycles. The number of ether oxygens (including phenoxy) is 2. The van der Waals surface area contributed by atoms with E-state index in [9.17, 15) is 0 Å². The molecule has 1 aromatic carbocycles. The van der Waals surface area contributed by atoms with Gasteiger partial charge in [0, 0.05) is 5.33 Å². The molecular formula is C11H11BrO2. The molecule has 0 amide bonds. The second-order valence-corrected chi connectivity index (χ2v) is 3.66. The Morgan fingerprint density at radius 1 is 1.29 bits per heavy atom. The highest BCUT2D eigenvalue weighted by Crippen LogP contribution is 2.35. The molecule has 0 radical (unpaired) electrons. The van der Waals surface area contributed by atoms with Crippen LogP contribution in [0.4, 0.5) is 0 Å². The standard InChI is InChI=1S/C11H11BrO2/c1-2-3-8-4-10-11(14-7-13-10)5-9(8)6-12/h2,4-5H,1,3,6-7H2. The topological polar surface area (TPSA) is 18.5 Å². The van der Waals surface area contributed by atoms with Crippen LogP contribution in [-0.4, -0.2) is 6.79 Å². The second-order valence-electron chi connectivity index (χ2n) is 3.10. The SMILES string of the molecule is C=CCc1cc2c(cc1CBr)OCO2. The van der Waals surface area contributed by atoms with Crippen LogP contribution in [0.15, 0.2) is 24.8 Å². The Bertz CT molecular complexity index is 361. The van der Waals surface area contributed by atoms with Gasteiger partial charge in [-0.25, -0.2) is 0 Å². The number of alkyl halides is 1. The summed E-state index contributed by atoms with van der Waals surface area (Å²) in [5.41, 5.74) is 2.47. The smallest absolute Gasteiger partial charge is 0.231 e. The molecule has 14 heavy (non-hydrogen) atoms. The van der Waals surface area contributed by atoms with E-state index in [1.54, 1.807) is 0 Å². The number of allylic oxidation sites excluding steroid dienone is 1. The largest absolute Gasteiger partial charge is 0.454 e. The van der Waals surface area contributed by atoms with Gasteiger partial charge in [-0.15, -0.1) is 6.58 Å². The van der Waals surface area contributed by atoms with Crippen molar-refractivity contribution in [3.63, 3.8) is 0 Å². The van der Waals surface area contributed by atoms with Crippen LogP contribution in [0.25, 0.3) is 0 Å². The first-order valence-corrected chi connectivity index (χ1v) is 5.55. The van der Waals surface area contributed by atoms with Gasteiger partial charge in [-0.1, -0.05) is 22.0 Å². The number of hydrogen-bond acceptors (Lipinski definition) is 2. The van der Waals surface area contributed by atoms with Crippen LogP contribution in [0.2, 0.25) is 0 Å². The molecule has 0 aromatic heterocycles. The Morgan fingerprint density at radius 2 is 1.93 bits per heavy atom. The zero-order valence-electron chi connectivity index (χ0n) is 7.75. The minimum Gasteiger partial charge on any atom is -0.454 e. The summed E-state index contributed by atoms with van der Waals surface area (Å²) < 4.78 is 10.6.